The fraction of sp³-hybridized carbons (Fsp3) is 0.500. The van der Waals surface area contributed by atoms with E-state index in [1.807, 2.05) is 12.4 Å². The van der Waals surface area contributed by atoms with E-state index in [-0.39, 0.29) is 11.6 Å². The summed E-state index contributed by atoms with van der Waals surface area (Å²) < 4.78 is 0. The van der Waals surface area contributed by atoms with Crippen LogP contribution in [0.2, 0.25) is 0 Å². The Balaban J connectivity index is 2.01. The third kappa shape index (κ3) is 1.86. The van der Waals surface area contributed by atoms with Gasteiger partial charge in [0.1, 0.15) is 6.17 Å². The third-order valence-corrected chi connectivity index (χ3v) is 5.82. The second kappa shape index (κ2) is 5.20. The van der Waals surface area contributed by atoms with Crippen LogP contribution < -0.4 is 9.80 Å². The minimum Gasteiger partial charge on any atom is -0.330 e. The number of anilines is 3. The highest BCUT2D eigenvalue weighted by molar-refractivity contribution is 5.81. The molecule has 0 fully saturated rings. The highest BCUT2D eigenvalue weighted by atomic mass is 15.5. The molecule has 0 aliphatic carbocycles. The molecule has 2 aliphatic heterocycles. The Bertz CT molecular complexity index is 768. The van der Waals surface area contributed by atoms with Gasteiger partial charge in [-0.25, -0.2) is 9.97 Å². The molecule has 2 aromatic rings. The lowest BCUT2D eigenvalue weighted by atomic mass is 9.67. The average molecular weight is 322 g/mol. The number of hydrogen-bond donors (Lipinski definition) is 0. The lowest BCUT2D eigenvalue weighted by Gasteiger charge is -2.51. The van der Waals surface area contributed by atoms with E-state index in [2.05, 4.69) is 68.7 Å². The molecule has 0 saturated carbocycles. The van der Waals surface area contributed by atoms with Crippen molar-refractivity contribution in [2.24, 2.45) is 5.92 Å². The van der Waals surface area contributed by atoms with Crippen LogP contribution in [0.5, 0.6) is 0 Å². The first-order chi connectivity index (χ1) is 11.5. The van der Waals surface area contributed by atoms with Gasteiger partial charge in [-0.15, -0.1) is 0 Å². The zero-order valence-electron chi connectivity index (χ0n) is 15.2. The quantitative estimate of drug-likeness (QED) is 0.815. The van der Waals surface area contributed by atoms with Crippen LogP contribution in [-0.4, -0.2) is 22.2 Å². The van der Waals surface area contributed by atoms with Gasteiger partial charge >= 0.3 is 0 Å². The maximum absolute atomic E-state index is 4.71. The fourth-order valence-corrected chi connectivity index (χ4v) is 4.75. The molecule has 0 radical (unpaired) electrons. The molecule has 0 amide bonds. The molecule has 0 saturated heterocycles. The SMILES string of the molecule is CCC1C2N(c3ccccc3C1(C)C)c1nccnc1N2C(C)C. The molecule has 126 valence electrons. The predicted octanol–water partition coefficient (Wildman–Crippen LogP) is 4.49. The van der Waals surface area contributed by atoms with E-state index in [1.165, 1.54) is 11.3 Å². The average Bonchev–Trinajstić information content (AvgIpc) is 2.90. The van der Waals surface area contributed by atoms with Crippen molar-refractivity contribution in [2.75, 3.05) is 9.80 Å². The smallest absolute Gasteiger partial charge is 0.178 e. The summed E-state index contributed by atoms with van der Waals surface area (Å²) in [6, 6.07) is 9.18. The summed E-state index contributed by atoms with van der Waals surface area (Å²) in [5.74, 6) is 2.52. The summed E-state index contributed by atoms with van der Waals surface area (Å²) in [4.78, 5) is 14.3. The number of hydrogen-bond acceptors (Lipinski definition) is 4. The van der Waals surface area contributed by atoms with E-state index >= 15 is 0 Å². The van der Waals surface area contributed by atoms with Crippen molar-refractivity contribution in [3.8, 4) is 0 Å². The van der Waals surface area contributed by atoms with E-state index in [4.69, 9.17) is 9.97 Å². The van der Waals surface area contributed by atoms with Crippen molar-refractivity contribution in [3.63, 3.8) is 0 Å². The number of nitrogens with zero attached hydrogens (tertiary/aromatic N) is 4. The summed E-state index contributed by atoms with van der Waals surface area (Å²) in [5, 5.41) is 0. The Morgan fingerprint density at radius 2 is 1.75 bits per heavy atom. The van der Waals surface area contributed by atoms with Gasteiger partial charge in [0.05, 0.1) is 0 Å². The topological polar surface area (TPSA) is 32.3 Å². The molecule has 4 rings (SSSR count). The van der Waals surface area contributed by atoms with Gasteiger partial charge < -0.3 is 9.80 Å². The first-order valence-electron chi connectivity index (χ1n) is 8.96. The normalized spacial score (nSPS) is 23.9. The van der Waals surface area contributed by atoms with Crippen LogP contribution in [0.4, 0.5) is 17.3 Å². The number of para-hydroxylation sites is 1. The summed E-state index contributed by atoms with van der Waals surface area (Å²) in [6.07, 6.45) is 5.02. The lowest BCUT2D eigenvalue weighted by Crippen LogP contribution is -2.57. The standard InChI is InChI=1S/C20H26N4/c1-6-14-19-23(13(2)3)17-18(22-12-11-21-17)24(19)16-10-8-7-9-15(16)20(14,4)5/h7-14,19H,6H2,1-5H3. The number of benzene rings is 1. The minimum absolute atomic E-state index is 0.113. The molecule has 2 aliphatic rings. The van der Waals surface area contributed by atoms with Crippen LogP contribution in [0.15, 0.2) is 36.7 Å². The third-order valence-electron chi connectivity index (χ3n) is 5.82. The van der Waals surface area contributed by atoms with Crippen LogP contribution in [0.3, 0.4) is 0 Å². The van der Waals surface area contributed by atoms with Crippen LogP contribution in [0.1, 0.15) is 46.6 Å². The van der Waals surface area contributed by atoms with E-state index in [0.717, 1.165) is 18.1 Å². The van der Waals surface area contributed by atoms with Gasteiger partial charge in [0.25, 0.3) is 0 Å². The van der Waals surface area contributed by atoms with Gasteiger partial charge in [-0.1, -0.05) is 39.0 Å². The summed E-state index contributed by atoms with van der Waals surface area (Å²) >= 11 is 0. The summed E-state index contributed by atoms with van der Waals surface area (Å²) in [5.41, 5.74) is 2.80. The zero-order valence-corrected chi connectivity index (χ0v) is 15.2. The molecule has 1 aromatic carbocycles. The Hall–Kier alpha value is -2.10. The molecule has 2 unspecified atom stereocenters. The molecule has 4 nitrogen and oxygen atoms in total. The summed E-state index contributed by atoms with van der Waals surface area (Å²) in [6.45, 7) is 11.6. The summed E-state index contributed by atoms with van der Waals surface area (Å²) in [7, 11) is 0. The van der Waals surface area contributed by atoms with Crippen molar-refractivity contribution in [3.05, 3.63) is 42.2 Å². The van der Waals surface area contributed by atoms with Crippen molar-refractivity contribution in [1.82, 2.24) is 9.97 Å². The Kier molecular flexibility index (Phi) is 3.34. The van der Waals surface area contributed by atoms with Crippen LogP contribution in [0, 0.1) is 5.92 Å². The second-order valence-electron chi connectivity index (χ2n) is 7.74. The Morgan fingerprint density at radius 3 is 2.42 bits per heavy atom. The molecule has 4 heteroatoms. The van der Waals surface area contributed by atoms with Crippen LogP contribution in [0.25, 0.3) is 0 Å². The van der Waals surface area contributed by atoms with E-state index in [9.17, 15) is 0 Å². The maximum Gasteiger partial charge on any atom is 0.178 e. The van der Waals surface area contributed by atoms with E-state index in [1.54, 1.807) is 0 Å². The maximum atomic E-state index is 4.71. The first kappa shape index (κ1) is 15.4. The van der Waals surface area contributed by atoms with Gasteiger partial charge in [0, 0.05) is 30.0 Å². The first-order valence-corrected chi connectivity index (χ1v) is 8.96. The van der Waals surface area contributed by atoms with Gasteiger partial charge in [-0.05, 0) is 37.3 Å². The van der Waals surface area contributed by atoms with Crippen molar-refractivity contribution >= 4 is 17.3 Å². The van der Waals surface area contributed by atoms with Crippen molar-refractivity contribution in [1.29, 1.82) is 0 Å². The lowest BCUT2D eigenvalue weighted by molar-refractivity contribution is 0.236. The fourth-order valence-electron chi connectivity index (χ4n) is 4.75. The second-order valence-corrected chi connectivity index (χ2v) is 7.74. The zero-order chi connectivity index (χ0) is 17.1. The molecule has 24 heavy (non-hydrogen) atoms. The molecule has 0 N–H and O–H groups in total. The van der Waals surface area contributed by atoms with Gasteiger partial charge in [-0.3, -0.25) is 0 Å². The van der Waals surface area contributed by atoms with Crippen molar-refractivity contribution < 1.29 is 0 Å². The highest BCUT2D eigenvalue weighted by Crippen LogP contribution is 2.55. The minimum atomic E-state index is 0.113. The number of aromatic nitrogens is 2. The highest BCUT2D eigenvalue weighted by Gasteiger charge is 2.53. The van der Waals surface area contributed by atoms with Gasteiger partial charge in [0.15, 0.2) is 11.6 Å². The predicted molar refractivity (Wildman–Crippen MR) is 98.8 cm³/mol. The monoisotopic (exact) mass is 322 g/mol. The van der Waals surface area contributed by atoms with Crippen molar-refractivity contribution in [2.45, 2.75) is 58.7 Å². The van der Waals surface area contributed by atoms with Gasteiger partial charge in [0.2, 0.25) is 0 Å². The molecular weight excluding hydrogens is 296 g/mol. The largest absolute Gasteiger partial charge is 0.330 e. The van der Waals surface area contributed by atoms with Gasteiger partial charge in [-0.2, -0.15) is 0 Å². The number of rotatable bonds is 2. The Labute approximate surface area is 144 Å². The molecule has 0 spiro atoms. The molecule has 2 atom stereocenters. The molecule has 3 heterocycles. The molecular formula is C20H26N4. The van der Waals surface area contributed by atoms with E-state index < -0.39 is 0 Å². The number of fused-ring (bicyclic) bond motifs is 5. The molecule has 1 aromatic heterocycles. The van der Waals surface area contributed by atoms with Crippen LogP contribution >= 0.6 is 0 Å². The molecule has 0 bridgehead atoms. The Morgan fingerprint density at radius 1 is 1.08 bits per heavy atom. The van der Waals surface area contributed by atoms with E-state index in [0.29, 0.717) is 12.0 Å². The van der Waals surface area contributed by atoms with Crippen LogP contribution in [-0.2, 0) is 5.41 Å².